The number of carbonyl (C=O) groups is 1. The van der Waals surface area contributed by atoms with Gasteiger partial charge in [0.25, 0.3) is 0 Å². The Morgan fingerprint density at radius 1 is 0.808 bits per heavy atom. The Morgan fingerprint density at radius 3 is 1.92 bits per heavy atom. The van der Waals surface area contributed by atoms with Gasteiger partial charge >= 0.3 is 0 Å². The highest BCUT2D eigenvalue weighted by atomic mass is 16.5. The van der Waals surface area contributed by atoms with Crippen LogP contribution in [0.5, 0.6) is 17.2 Å². The Balaban J connectivity index is 1.80. The van der Waals surface area contributed by atoms with Gasteiger partial charge in [-0.3, -0.25) is 4.79 Å². The lowest BCUT2D eigenvalue weighted by atomic mass is 10.0. The van der Waals surface area contributed by atoms with Crippen molar-refractivity contribution in [3.8, 4) is 17.2 Å². The van der Waals surface area contributed by atoms with Crippen molar-refractivity contribution in [1.82, 2.24) is 0 Å². The molecule has 26 heavy (non-hydrogen) atoms. The number of ether oxygens (including phenoxy) is 2. The van der Waals surface area contributed by atoms with Crippen LogP contribution >= 0.6 is 0 Å². The molecule has 3 aromatic rings. The summed E-state index contributed by atoms with van der Waals surface area (Å²) in [4.78, 5) is 12.5. The van der Waals surface area contributed by atoms with Gasteiger partial charge in [0.1, 0.15) is 11.5 Å². The van der Waals surface area contributed by atoms with Crippen LogP contribution in [-0.4, -0.2) is 12.9 Å². The van der Waals surface area contributed by atoms with Crippen molar-refractivity contribution in [2.24, 2.45) is 0 Å². The Labute approximate surface area is 152 Å². The molecule has 0 spiro atoms. The fourth-order valence-electron chi connectivity index (χ4n) is 2.53. The monoisotopic (exact) mass is 348 g/mol. The third-order valence-electron chi connectivity index (χ3n) is 4.02. The van der Waals surface area contributed by atoms with Crippen LogP contribution in [0.15, 0.2) is 60.7 Å². The van der Waals surface area contributed by atoms with E-state index in [-0.39, 0.29) is 5.78 Å². The smallest absolute Gasteiger partial charge is 0.193 e. The number of hydrogen-bond acceptors (Lipinski definition) is 5. The standard InChI is InChI=1S/C21H20N2O3/c1-13-3-5-14(6-4-13)21(24)15-7-9-16(10-8-15)26-20-12-19(25-2)17(22)11-18(20)23/h3-12H,22-23H2,1-2H3. The first kappa shape index (κ1) is 17.4. The second-order valence-corrected chi connectivity index (χ2v) is 5.95. The van der Waals surface area contributed by atoms with Gasteiger partial charge in [-0.05, 0) is 37.3 Å². The third-order valence-corrected chi connectivity index (χ3v) is 4.02. The zero-order chi connectivity index (χ0) is 18.7. The zero-order valence-electron chi connectivity index (χ0n) is 14.7. The molecule has 3 rings (SSSR count). The average Bonchev–Trinajstić information content (AvgIpc) is 2.64. The molecular weight excluding hydrogens is 328 g/mol. The molecule has 0 heterocycles. The minimum atomic E-state index is -0.0368. The molecule has 0 bridgehead atoms. The van der Waals surface area contributed by atoms with Gasteiger partial charge in [0, 0.05) is 17.2 Å². The van der Waals surface area contributed by atoms with E-state index in [0.717, 1.165) is 5.56 Å². The van der Waals surface area contributed by atoms with Crippen molar-refractivity contribution < 1.29 is 14.3 Å². The number of nitrogens with two attached hydrogens (primary N) is 2. The Kier molecular flexibility index (Phi) is 4.80. The van der Waals surface area contributed by atoms with Gasteiger partial charge in [0.15, 0.2) is 11.5 Å². The maximum atomic E-state index is 12.5. The minimum Gasteiger partial charge on any atom is -0.494 e. The molecule has 0 aliphatic rings. The molecule has 0 amide bonds. The van der Waals surface area contributed by atoms with Crippen LogP contribution in [0.1, 0.15) is 21.5 Å². The summed E-state index contributed by atoms with van der Waals surface area (Å²) in [5.74, 6) is 1.45. The van der Waals surface area contributed by atoms with Gasteiger partial charge in [0.2, 0.25) is 0 Å². The summed E-state index contributed by atoms with van der Waals surface area (Å²) < 4.78 is 11.0. The van der Waals surface area contributed by atoms with Gasteiger partial charge < -0.3 is 20.9 Å². The maximum absolute atomic E-state index is 12.5. The lowest BCUT2D eigenvalue weighted by Crippen LogP contribution is -2.01. The van der Waals surface area contributed by atoms with Gasteiger partial charge in [-0.15, -0.1) is 0 Å². The van der Waals surface area contributed by atoms with E-state index in [1.807, 2.05) is 31.2 Å². The van der Waals surface area contributed by atoms with Gasteiger partial charge in [-0.25, -0.2) is 0 Å². The molecule has 0 saturated heterocycles. The van der Waals surface area contributed by atoms with Crippen molar-refractivity contribution in [2.45, 2.75) is 6.92 Å². The molecule has 5 nitrogen and oxygen atoms in total. The molecule has 0 aromatic heterocycles. The van der Waals surface area contributed by atoms with Crippen LogP contribution in [0.25, 0.3) is 0 Å². The van der Waals surface area contributed by atoms with E-state index in [9.17, 15) is 4.79 Å². The number of methoxy groups -OCH3 is 1. The van der Waals surface area contributed by atoms with Crippen molar-refractivity contribution in [2.75, 3.05) is 18.6 Å². The molecule has 0 unspecified atom stereocenters. The number of rotatable bonds is 5. The van der Waals surface area contributed by atoms with Crippen LogP contribution in [0.2, 0.25) is 0 Å². The molecule has 3 aromatic carbocycles. The number of anilines is 2. The normalized spacial score (nSPS) is 10.4. The topological polar surface area (TPSA) is 87.6 Å². The van der Waals surface area contributed by atoms with Gasteiger partial charge in [0.05, 0.1) is 18.5 Å². The number of hydrogen-bond donors (Lipinski definition) is 2. The largest absolute Gasteiger partial charge is 0.494 e. The Morgan fingerprint density at radius 2 is 1.35 bits per heavy atom. The van der Waals surface area contributed by atoms with E-state index in [1.165, 1.54) is 7.11 Å². The van der Waals surface area contributed by atoms with Crippen molar-refractivity contribution in [1.29, 1.82) is 0 Å². The highest BCUT2D eigenvalue weighted by Crippen LogP contribution is 2.35. The van der Waals surface area contributed by atoms with Crippen LogP contribution in [0.3, 0.4) is 0 Å². The Bertz CT molecular complexity index is 933. The fraction of sp³-hybridized carbons (Fsp3) is 0.0952. The molecule has 0 atom stereocenters. The average molecular weight is 348 g/mol. The van der Waals surface area contributed by atoms with Crippen LogP contribution in [0.4, 0.5) is 11.4 Å². The number of benzene rings is 3. The second-order valence-electron chi connectivity index (χ2n) is 5.95. The van der Waals surface area contributed by atoms with E-state index < -0.39 is 0 Å². The van der Waals surface area contributed by atoms with E-state index >= 15 is 0 Å². The summed E-state index contributed by atoms with van der Waals surface area (Å²) in [5, 5.41) is 0. The van der Waals surface area contributed by atoms with Gasteiger partial charge in [-0.2, -0.15) is 0 Å². The molecular formula is C21H20N2O3. The molecule has 0 radical (unpaired) electrons. The van der Waals surface area contributed by atoms with Crippen molar-refractivity contribution >= 4 is 17.2 Å². The first-order chi connectivity index (χ1) is 12.5. The minimum absolute atomic E-state index is 0.0368. The van der Waals surface area contributed by atoms with E-state index in [4.69, 9.17) is 20.9 Å². The zero-order valence-corrected chi connectivity index (χ0v) is 14.7. The number of carbonyl (C=O) groups excluding carboxylic acids is 1. The molecule has 0 aliphatic heterocycles. The molecule has 132 valence electrons. The predicted octanol–water partition coefficient (Wildman–Crippen LogP) is 4.19. The number of nitrogen functional groups attached to an aromatic ring is 2. The number of ketones is 1. The Hall–Kier alpha value is -3.47. The van der Waals surface area contributed by atoms with E-state index in [2.05, 4.69) is 0 Å². The van der Waals surface area contributed by atoms with Crippen molar-refractivity contribution in [3.05, 3.63) is 77.4 Å². The summed E-state index contributed by atoms with van der Waals surface area (Å²) in [6.07, 6.45) is 0. The first-order valence-electron chi connectivity index (χ1n) is 8.10. The predicted molar refractivity (Wildman–Crippen MR) is 103 cm³/mol. The lowest BCUT2D eigenvalue weighted by Gasteiger charge is -2.12. The lowest BCUT2D eigenvalue weighted by molar-refractivity contribution is 0.103. The number of aryl methyl sites for hydroxylation is 1. The second kappa shape index (κ2) is 7.19. The van der Waals surface area contributed by atoms with Crippen LogP contribution in [-0.2, 0) is 0 Å². The third kappa shape index (κ3) is 3.62. The molecule has 5 heteroatoms. The summed E-state index contributed by atoms with van der Waals surface area (Å²) in [6.45, 7) is 1.98. The van der Waals surface area contributed by atoms with Crippen LogP contribution < -0.4 is 20.9 Å². The highest BCUT2D eigenvalue weighted by molar-refractivity contribution is 6.09. The molecule has 0 fully saturated rings. The summed E-state index contributed by atoms with van der Waals surface area (Å²) >= 11 is 0. The van der Waals surface area contributed by atoms with E-state index in [0.29, 0.717) is 39.8 Å². The fourth-order valence-corrected chi connectivity index (χ4v) is 2.53. The summed E-state index contributed by atoms with van der Waals surface area (Å²) in [7, 11) is 1.52. The SMILES string of the molecule is COc1cc(Oc2ccc(C(=O)c3ccc(C)cc3)cc2)c(N)cc1N. The van der Waals surface area contributed by atoms with Crippen molar-refractivity contribution in [3.63, 3.8) is 0 Å². The van der Waals surface area contributed by atoms with E-state index in [1.54, 1.807) is 36.4 Å². The van der Waals surface area contributed by atoms with Crippen LogP contribution in [0, 0.1) is 6.92 Å². The quantitative estimate of drug-likeness (QED) is 0.533. The summed E-state index contributed by atoms with van der Waals surface area (Å²) in [5.41, 5.74) is 15.0. The summed E-state index contributed by atoms with van der Waals surface area (Å²) in [6, 6.07) is 17.6. The highest BCUT2D eigenvalue weighted by Gasteiger charge is 2.11. The maximum Gasteiger partial charge on any atom is 0.193 e. The van der Waals surface area contributed by atoms with Gasteiger partial charge in [-0.1, -0.05) is 29.8 Å². The molecule has 0 saturated carbocycles. The molecule has 0 aliphatic carbocycles. The molecule has 4 N–H and O–H groups in total. The first-order valence-corrected chi connectivity index (χ1v) is 8.10.